The normalized spacial score (nSPS) is 15.2. The third kappa shape index (κ3) is 3.68. The van der Waals surface area contributed by atoms with E-state index in [1.54, 1.807) is 24.3 Å². The van der Waals surface area contributed by atoms with Gasteiger partial charge in [0, 0.05) is 19.2 Å². The number of piperidine rings is 1. The van der Waals surface area contributed by atoms with Gasteiger partial charge in [-0.05, 0) is 43.0 Å². The van der Waals surface area contributed by atoms with Crippen molar-refractivity contribution in [2.24, 2.45) is 0 Å². The highest BCUT2D eigenvalue weighted by Crippen LogP contribution is 2.37. The second-order valence-electron chi connectivity index (χ2n) is 4.99. The van der Waals surface area contributed by atoms with E-state index in [4.69, 9.17) is 9.47 Å². The van der Waals surface area contributed by atoms with Crippen molar-refractivity contribution in [3.8, 4) is 17.2 Å². The minimum absolute atomic E-state index is 0.0145. The molecule has 0 saturated carbocycles. The number of aromatic hydroxyl groups is 1. The molecule has 2 rings (SSSR count). The first-order chi connectivity index (χ1) is 10.2. The molecule has 1 fully saturated rings. The highest BCUT2D eigenvalue weighted by molar-refractivity contribution is 5.92. The number of hydrogen-bond donors (Lipinski definition) is 1. The molecule has 0 spiro atoms. The van der Waals surface area contributed by atoms with E-state index >= 15 is 0 Å². The van der Waals surface area contributed by atoms with E-state index in [2.05, 4.69) is 0 Å². The standard InChI is InChI=1S/C16H21NO4/c1-20-13-10-12(11-14(21-2)16(13)19)6-7-15(18)17-8-4-3-5-9-17/h6-7,10-11,19H,3-5,8-9H2,1-2H3/b7-6+. The van der Waals surface area contributed by atoms with Crippen LogP contribution < -0.4 is 9.47 Å². The van der Waals surface area contributed by atoms with Gasteiger partial charge in [-0.2, -0.15) is 0 Å². The van der Waals surface area contributed by atoms with Crippen molar-refractivity contribution < 1.29 is 19.4 Å². The number of nitrogens with zero attached hydrogens (tertiary/aromatic N) is 1. The lowest BCUT2D eigenvalue weighted by atomic mass is 10.1. The summed E-state index contributed by atoms with van der Waals surface area (Å²) in [7, 11) is 2.95. The lowest BCUT2D eigenvalue weighted by Gasteiger charge is -2.25. The van der Waals surface area contributed by atoms with E-state index in [0.29, 0.717) is 11.5 Å². The number of methoxy groups -OCH3 is 2. The number of carbonyl (C=O) groups excluding carboxylic acids is 1. The molecule has 1 heterocycles. The summed E-state index contributed by atoms with van der Waals surface area (Å²) in [6.45, 7) is 1.65. The van der Waals surface area contributed by atoms with Gasteiger partial charge < -0.3 is 19.5 Å². The van der Waals surface area contributed by atoms with Gasteiger partial charge in [-0.1, -0.05) is 0 Å². The van der Waals surface area contributed by atoms with Crippen LogP contribution in [0.3, 0.4) is 0 Å². The zero-order chi connectivity index (χ0) is 15.2. The molecule has 1 aliphatic rings. The molecule has 114 valence electrons. The van der Waals surface area contributed by atoms with Crippen LogP contribution in [0.25, 0.3) is 6.08 Å². The molecule has 1 amide bonds. The van der Waals surface area contributed by atoms with Crippen LogP contribution in [0.4, 0.5) is 0 Å². The quantitative estimate of drug-likeness (QED) is 0.866. The zero-order valence-electron chi connectivity index (χ0n) is 12.5. The summed E-state index contributed by atoms with van der Waals surface area (Å²) in [5, 5.41) is 9.85. The topological polar surface area (TPSA) is 59.0 Å². The Kier molecular flexibility index (Phi) is 5.09. The summed E-state index contributed by atoms with van der Waals surface area (Å²) in [4.78, 5) is 13.9. The maximum absolute atomic E-state index is 12.1. The monoisotopic (exact) mass is 291 g/mol. The predicted molar refractivity (Wildman–Crippen MR) is 80.7 cm³/mol. The van der Waals surface area contributed by atoms with Crippen molar-refractivity contribution in [2.45, 2.75) is 19.3 Å². The predicted octanol–water partition coefficient (Wildman–Crippen LogP) is 2.44. The smallest absolute Gasteiger partial charge is 0.246 e. The third-order valence-electron chi connectivity index (χ3n) is 3.59. The number of phenols is 1. The van der Waals surface area contributed by atoms with Crippen LogP contribution in [0.5, 0.6) is 17.2 Å². The van der Waals surface area contributed by atoms with E-state index in [-0.39, 0.29) is 11.7 Å². The van der Waals surface area contributed by atoms with Gasteiger partial charge in [-0.3, -0.25) is 4.79 Å². The number of rotatable bonds is 4. The fourth-order valence-corrected chi connectivity index (χ4v) is 2.40. The van der Waals surface area contributed by atoms with Crippen LogP contribution >= 0.6 is 0 Å². The van der Waals surface area contributed by atoms with Gasteiger partial charge in [-0.25, -0.2) is 0 Å². The molecule has 21 heavy (non-hydrogen) atoms. The molecule has 1 saturated heterocycles. The number of benzene rings is 1. The second-order valence-corrected chi connectivity index (χ2v) is 4.99. The number of carbonyl (C=O) groups is 1. The molecule has 0 unspecified atom stereocenters. The summed E-state index contributed by atoms with van der Waals surface area (Å²) in [6.07, 6.45) is 6.60. The van der Waals surface area contributed by atoms with Crippen LogP contribution in [0.1, 0.15) is 24.8 Å². The third-order valence-corrected chi connectivity index (χ3v) is 3.59. The van der Waals surface area contributed by atoms with Crippen molar-refractivity contribution in [1.29, 1.82) is 0 Å². The van der Waals surface area contributed by atoms with E-state index in [1.165, 1.54) is 20.6 Å². The fraction of sp³-hybridized carbons (Fsp3) is 0.438. The molecule has 1 aromatic rings. The summed E-state index contributed by atoms with van der Waals surface area (Å²) >= 11 is 0. The Morgan fingerprint density at radius 3 is 2.24 bits per heavy atom. The van der Waals surface area contributed by atoms with Gasteiger partial charge in [0.2, 0.25) is 11.7 Å². The van der Waals surface area contributed by atoms with Crippen LogP contribution in [-0.2, 0) is 4.79 Å². The van der Waals surface area contributed by atoms with Gasteiger partial charge in [0.05, 0.1) is 14.2 Å². The first-order valence-electron chi connectivity index (χ1n) is 7.07. The van der Waals surface area contributed by atoms with Crippen molar-refractivity contribution in [2.75, 3.05) is 27.3 Å². The lowest BCUT2D eigenvalue weighted by Crippen LogP contribution is -2.34. The highest BCUT2D eigenvalue weighted by Gasteiger charge is 2.14. The fourth-order valence-electron chi connectivity index (χ4n) is 2.40. The van der Waals surface area contributed by atoms with E-state index in [0.717, 1.165) is 31.5 Å². The number of hydrogen-bond acceptors (Lipinski definition) is 4. The average molecular weight is 291 g/mol. The van der Waals surface area contributed by atoms with Crippen molar-refractivity contribution in [3.63, 3.8) is 0 Å². The number of ether oxygens (including phenoxy) is 2. The van der Waals surface area contributed by atoms with Crippen LogP contribution in [0, 0.1) is 0 Å². The molecule has 1 aromatic carbocycles. The van der Waals surface area contributed by atoms with Gasteiger partial charge in [0.15, 0.2) is 11.5 Å². The Morgan fingerprint density at radius 2 is 1.71 bits per heavy atom. The zero-order valence-corrected chi connectivity index (χ0v) is 12.5. The Balaban J connectivity index is 2.14. The van der Waals surface area contributed by atoms with Gasteiger partial charge in [0.1, 0.15) is 0 Å². The maximum atomic E-state index is 12.1. The largest absolute Gasteiger partial charge is 0.502 e. The van der Waals surface area contributed by atoms with E-state index in [9.17, 15) is 9.90 Å². The molecule has 5 nitrogen and oxygen atoms in total. The summed E-state index contributed by atoms with van der Waals surface area (Å²) in [5.74, 6) is 0.610. The van der Waals surface area contributed by atoms with Gasteiger partial charge in [-0.15, -0.1) is 0 Å². The van der Waals surface area contributed by atoms with Gasteiger partial charge >= 0.3 is 0 Å². The van der Waals surface area contributed by atoms with Gasteiger partial charge in [0.25, 0.3) is 0 Å². The first kappa shape index (κ1) is 15.2. The number of amides is 1. The Labute approximate surface area is 124 Å². The number of likely N-dealkylation sites (tertiary alicyclic amines) is 1. The lowest BCUT2D eigenvalue weighted by molar-refractivity contribution is -0.126. The summed E-state index contributed by atoms with van der Waals surface area (Å²) < 4.78 is 10.2. The van der Waals surface area contributed by atoms with Crippen molar-refractivity contribution >= 4 is 12.0 Å². The second kappa shape index (κ2) is 7.02. The molecule has 1 aliphatic heterocycles. The summed E-state index contributed by atoms with van der Waals surface area (Å²) in [5.41, 5.74) is 0.742. The minimum Gasteiger partial charge on any atom is -0.502 e. The Morgan fingerprint density at radius 1 is 1.14 bits per heavy atom. The summed E-state index contributed by atoms with van der Waals surface area (Å²) in [6, 6.07) is 3.33. The van der Waals surface area contributed by atoms with Crippen LogP contribution in [0.15, 0.2) is 18.2 Å². The molecule has 0 atom stereocenters. The molecular formula is C16H21NO4. The Hall–Kier alpha value is -2.17. The SMILES string of the molecule is COc1cc(/C=C/C(=O)N2CCCCC2)cc(OC)c1O. The maximum Gasteiger partial charge on any atom is 0.246 e. The first-order valence-corrected chi connectivity index (χ1v) is 7.07. The van der Waals surface area contributed by atoms with Crippen LogP contribution in [0.2, 0.25) is 0 Å². The van der Waals surface area contributed by atoms with Crippen molar-refractivity contribution in [3.05, 3.63) is 23.8 Å². The highest BCUT2D eigenvalue weighted by atomic mass is 16.5. The molecule has 0 bridgehead atoms. The average Bonchev–Trinajstić information content (AvgIpc) is 2.54. The molecule has 1 N–H and O–H groups in total. The Bertz CT molecular complexity index is 508. The van der Waals surface area contributed by atoms with Crippen LogP contribution in [-0.4, -0.2) is 43.2 Å². The minimum atomic E-state index is -0.0421. The van der Waals surface area contributed by atoms with E-state index in [1.807, 2.05) is 4.90 Å². The van der Waals surface area contributed by atoms with E-state index < -0.39 is 0 Å². The molecule has 0 aliphatic carbocycles. The number of phenolic OH excluding ortho intramolecular Hbond substituents is 1. The molecule has 5 heteroatoms. The molecule has 0 radical (unpaired) electrons. The molecule has 0 aromatic heterocycles. The van der Waals surface area contributed by atoms with Crippen molar-refractivity contribution in [1.82, 2.24) is 4.90 Å². The molecular weight excluding hydrogens is 270 g/mol.